The van der Waals surface area contributed by atoms with E-state index in [9.17, 15) is 0 Å². The van der Waals surface area contributed by atoms with Crippen LogP contribution < -0.4 is 10.5 Å². The summed E-state index contributed by atoms with van der Waals surface area (Å²) >= 11 is 18.0. The number of ether oxygens (including phenoxy) is 1. The highest BCUT2D eigenvalue weighted by Crippen LogP contribution is 2.32. The number of nitrogens with two attached hydrogens (primary N) is 1. The summed E-state index contributed by atoms with van der Waals surface area (Å²) < 4.78 is 5.89. The molecule has 0 aromatic heterocycles. The van der Waals surface area contributed by atoms with E-state index in [2.05, 4.69) is 6.92 Å². The summed E-state index contributed by atoms with van der Waals surface area (Å²) in [6, 6.07) is 10.7. The summed E-state index contributed by atoms with van der Waals surface area (Å²) in [7, 11) is 0. The Morgan fingerprint density at radius 3 is 2.48 bits per heavy atom. The van der Waals surface area contributed by atoms with Crippen molar-refractivity contribution in [2.75, 3.05) is 0 Å². The normalized spacial score (nSPS) is 12.2. The Labute approximate surface area is 139 Å². The first-order valence-corrected chi connectivity index (χ1v) is 7.80. The zero-order valence-corrected chi connectivity index (χ0v) is 13.8. The van der Waals surface area contributed by atoms with Crippen molar-refractivity contribution in [1.29, 1.82) is 0 Å². The van der Waals surface area contributed by atoms with Crippen LogP contribution in [0.25, 0.3) is 0 Å². The highest BCUT2D eigenvalue weighted by Gasteiger charge is 2.10. The molecule has 0 spiro atoms. The largest absolute Gasteiger partial charge is 0.457 e. The molecule has 2 rings (SSSR count). The van der Waals surface area contributed by atoms with Crippen LogP contribution in [-0.2, 0) is 6.42 Å². The molecule has 2 aromatic carbocycles. The molecule has 112 valence electrons. The highest BCUT2D eigenvalue weighted by atomic mass is 35.5. The molecule has 2 aromatic rings. The Morgan fingerprint density at radius 2 is 1.81 bits per heavy atom. The molecule has 0 aliphatic carbocycles. The second-order valence-electron chi connectivity index (χ2n) is 4.80. The van der Waals surface area contributed by atoms with Gasteiger partial charge in [-0.1, -0.05) is 41.7 Å². The van der Waals surface area contributed by atoms with Crippen LogP contribution >= 0.6 is 34.8 Å². The second-order valence-corrected chi connectivity index (χ2v) is 6.05. The molecule has 0 bridgehead atoms. The Bertz CT molecular complexity index is 631. The minimum atomic E-state index is 0.0691. The van der Waals surface area contributed by atoms with Gasteiger partial charge >= 0.3 is 0 Å². The quantitative estimate of drug-likeness (QED) is 0.753. The Morgan fingerprint density at radius 1 is 1.05 bits per heavy atom. The molecule has 0 heterocycles. The van der Waals surface area contributed by atoms with E-state index >= 15 is 0 Å². The van der Waals surface area contributed by atoms with Crippen LogP contribution in [0.3, 0.4) is 0 Å². The van der Waals surface area contributed by atoms with Crippen molar-refractivity contribution in [3.05, 3.63) is 57.0 Å². The summed E-state index contributed by atoms with van der Waals surface area (Å²) in [5.74, 6) is 1.35. The maximum Gasteiger partial charge on any atom is 0.130 e. The van der Waals surface area contributed by atoms with Gasteiger partial charge in [-0.3, -0.25) is 0 Å². The maximum absolute atomic E-state index is 6.06. The second kappa shape index (κ2) is 7.37. The first-order valence-electron chi connectivity index (χ1n) is 6.66. The number of hydrogen-bond donors (Lipinski definition) is 1. The van der Waals surface area contributed by atoms with Gasteiger partial charge in [0.15, 0.2) is 0 Å². The van der Waals surface area contributed by atoms with Crippen molar-refractivity contribution in [1.82, 2.24) is 0 Å². The van der Waals surface area contributed by atoms with Gasteiger partial charge in [-0.05, 0) is 48.7 Å². The molecular formula is C16H16Cl3NO. The van der Waals surface area contributed by atoms with Crippen molar-refractivity contribution < 1.29 is 4.74 Å². The first-order chi connectivity index (χ1) is 9.99. The third kappa shape index (κ3) is 4.52. The minimum absolute atomic E-state index is 0.0691. The summed E-state index contributed by atoms with van der Waals surface area (Å²) in [6.45, 7) is 2.05. The molecular weight excluding hydrogens is 329 g/mol. The van der Waals surface area contributed by atoms with Crippen LogP contribution in [0, 0.1) is 0 Å². The van der Waals surface area contributed by atoms with E-state index in [1.54, 1.807) is 24.3 Å². The molecule has 2 nitrogen and oxygen atoms in total. The van der Waals surface area contributed by atoms with Gasteiger partial charge in [-0.2, -0.15) is 0 Å². The molecule has 2 N–H and O–H groups in total. The van der Waals surface area contributed by atoms with Crippen LogP contribution in [0.5, 0.6) is 11.5 Å². The van der Waals surface area contributed by atoms with Crippen molar-refractivity contribution in [2.45, 2.75) is 25.8 Å². The van der Waals surface area contributed by atoms with Gasteiger partial charge in [0.05, 0.1) is 10.0 Å². The Kier molecular flexibility index (Phi) is 5.77. The highest BCUT2D eigenvalue weighted by molar-refractivity contribution is 6.42. The van der Waals surface area contributed by atoms with E-state index in [0.717, 1.165) is 17.7 Å². The summed E-state index contributed by atoms with van der Waals surface area (Å²) in [4.78, 5) is 0. The molecule has 1 unspecified atom stereocenters. The predicted molar refractivity (Wildman–Crippen MR) is 90.0 cm³/mol. The average molecular weight is 345 g/mol. The van der Waals surface area contributed by atoms with Crippen molar-refractivity contribution in [3.63, 3.8) is 0 Å². The smallest absolute Gasteiger partial charge is 0.130 e. The SMILES string of the molecule is CCC(N)Cc1cc(Cl)ccc1Oc1ccc(Cl)c(Cl)c1. The van der Waals surface area contributed by atoms with E-state index < -0.39 is 0 Å². The van der Waals surface area contributed by atoms with Gasteiger partial charge in [0.25, 0.3) is 0 Å². The van der Waals surface area contributed by atoms with E-state index in [-0.39, 0.29) is 6.04 Å². The summed E-state index contributed by atoms with van der Waals surface area (Å²) in [5, 5.41) is 1.61. The molecule has 0 radical (unpaired) electrons. The lowest BCUT2D eigenvalue weighted by atomic mass is 10.0. The Balaban J connectivity index is 2.28. The van der Waals surface area contributed by atoms with Crippen LogP contribution in [0.15, 0.2) is 36.4 Å². The van der Waals surface area contributed by atoms with E-state index in [4.69, 9.17) is 45.3 Å². The number of halogens is 3. The molecule has 5 heteroatoms. The van der Waals surface area contributed by atoms with E-state index in [0.29, 0.717) is 27.2 Å². The van der Waals surface area contributed by atoms with Crippen LogP contribution in [0.4, 0.5) is 0 Å². The molecule has 0 aliphatic heterocycles. The summed E-state index contributed by atoms with van der Waals surface area (Å²) in [6.07, 6.45) is 1.59. The average Bonchev–Trinajstić information content (AvgIpc) is 2.45. The van der Waals surface area contributed by atoms with E-state index in [1.807, 2.05) is 12.1 Å². The number of rotatable bonds is 5. The van der Waals surface area contributed by atoms with Gasteiger partial charge in [-0.15, -0.1) is 0 Å². The first kappa shape index (κ1) is 16.4. The molecule has 0 aliphatic rings. The zero-order chi connectivity index (χ0) is 15.4. The standard InChI is InChI=1S/C16H16Cl3NO/c1-2-12(20)8-10-7-11(17)3-6-16(10)21-13-4-5-14(18)15(19)9-13/h3-7,9,12H,2,8,20H2,1H3. The van der Waals surface area contributed by atoms with Gasteiger partial charge in [0.2, 0.25) is 0 Å². The molecule has 21 heavy (non-hydrogen) atoms. The lowest BCUT2D eigenvalue weighted by molar-refractivity contribution is 0.472. The van der Waals surface area contributed by atoms with Gasteiger partial charge < -0.3 is 10.5 Å². The molecule has 0 saturated carbocycles. The minimum Gasteiger partial charge on any atom is -0.457 e. The number of hydrogen-bond acceptors (Lipinski definition) is 2. The number of benzene rings is 2. The maximum atomic E-state index is 6.06. The third-order valence-electron chi connectivity index (χ3n) is 3.15. The fourth-order valence-electron chi connectivity index (χ4n) is 1.90. The van der Waals surface area contributed by atoms with E-state index in [1.165, 1.54) is 0 Å². The van der Waals surface area contributed by atoms with Crippen LogP contribution in [-0.4, -0.2) is 6.04 Å². The third-order valence-corrected chi connectivity index (χ3v) is 4.12. The summed E-state index contributed by atoms with van der Waals surface area (Å²) in [5.41, 5.74) is 7.00. The van der Waals surface area contributed by atoms with Gasteiger partial charge in [0, 0.05) is 17.1 Å². The molecule has 0 saturated heterocycles. The Hall–Kier alpha value is -0.930. The fraction of sp³-hybridized carbons (Fsp3) is 0.250. The fourth-order valence-corrected chi connectivity index (χ4v) is 2.38. The molecule has 1 atom stereocenters. The lowest BCUT2D eigenvalue weighted by Gasteiger charge is -2.15. The molecule has 0 amide bonds. The van der Waals surface area contributed by atoms with Gasteiger partial charge in [-0.25, -0.2) is 0 Å². The molecule has 0 fully saturated rings. The van der Waals surface area contributed by atoms with Crippen LogP contribution in [0.1, 0.15) is 18.9 Å². The van der Waals surface area contributed by atoms with Crippen molar-refractivity contribution in [2.24, 2.45) is 5.73 Å². The van der Waals surface area contributed by atoms with Gasteiger partial charge in [0.1, 0.15) is 11.5 Å². The predicted octanol–water partition coefficient (Wildman–Crippen LogP) is 5.72. The van der Waals surface area contributed by atoms with Crippen molar-refractivity contribution in [3.8, 4) is 11.5 Å². The topological polar surface area (TPSA) is 35.2 Å². The monoisotopic (exact) mass is 343 g/mol. The van der Waals surface area contributed by atoms with Crippen molar-refractivity contribution >= 4 is 34.8 Å². The van der Waals surface area contributed by atoms with Crippen LogP contribution in [0.2, 0.25) is 15.1 Å². The zero-order valence-electron chi connectivity index (χ0n) is 11.6. The lowest BCUT2D eigenvalue weighted by Crippen LogP contribution is -2.21.